The minimum atomic E-state index is -0.260. The van der Waals surface area contributed by atoms with Crippen LogP contribution in [0, 0.1) is 0 Å². The number of anilines is 1. The van der Waals surface area contributed by atoms with Crippen molar-refractivity contribution < 1.29 is 9.53 Å². The van der Waals surface area contributed by atoms with Crippen LogP contribution in [0.1, 0.15) is 43.6 Å². The van der Waals surface area contributed by atoms with Crippen molar-refractivity contribution in [3.05, 3.63) is 18.1 Å². The number of hydrogen-bond donors (Lipinski definition) is 1. The van der Waals surface area contributed by atoms with Gasteiger partial charge in [-0.25, -0.2) is 9.97 Å². The highest BCUT2D eigenvalue weighted by Crippen LogP contribution is 2.24. The summed E-state index contributed by atoms with van der Waals surface area (Å²) in [6.45, 7) is 6.31. The van der Waals surface area contributed by atoms with Gasteiger partial charge < -0.3 is 15.0 Å². The number of methoxy groups -OCH3 is 1. The molecule has 21 heavy (non-hydrogen) atoms. The highest BCUT2D eigenvalue weighted by atomic mass is 16.5. The number of piperidine rings is 1. The Morgan fingerprint density at radius 1 is 1.48 bits per heavy atom. The number of nitrogens with zero attached hydrogens (tertiary/aromatic N) is 3. The molecule has 1 saturated heterocycles. The van der Waals surface area contributed by atoms with Gasteiger partial charge >= 0.3 is 0 Å². The number of rotatable bonds is 5. The van der Waals surface area contributed by atoms with Gasteiger partial charge in [0, 0.05) is 26.7 Å². The van der Waals surface area contributed by atoms with Gasteiger partial charge in [0.15, 0.2) is 0 Å². The molecule has 116 valence electrons. The molecule has 0 saturated carbocycles. The van der Waals surface area contributed by atoms with Crippen LogP contribution in [0.4, 0.5) is 5.82 Å². The van der Waals surface area contributed by atoms with Crippen molar-refractivity contribution in [2.75, 3.05) is 32.1 Å². The van der Waals surface area contributed by atoms with Gasteiger partial charge in [-0.3, -0.25) is 4.79 Å². The Balaban J connectivity index is 2.02. The number of amides is 1. The van der Waals surface area contributed by atoms with Crippen LogP contribution in [0.5, 0.6) is 0 Å². The highest BCUT2D eigenvalue weighted by Gasteiger charge is 2.33. The number of ether oxygens (including phenoxy) is 1. The van der Waals surface area contributed by atoms with Crippen LogP contribution in [-0.4, -0.2) is 53.1 Å². The number of nitrogens with one attached hydrogen (secondary N) is 1. The molecule has 1 aliphatic rings. The van der Waals surface area contributed by atoms with Crippen LogP contribution >= 0.6 is 0 Å². The molecule has 2 heterocycles. The van der Waals surface area contributed by atoms with Crippen molar-refractivity contribution in [3.63, 3.8) is 0 Å². The first kappa shape index (κ1) is 15.7. The summed E-state index contributed by atoms with van der Waals surface area (Å²) in [6, 6.07) is 0. The first-order valence-electron chi connectivity index (χ1n) is 7.48. The van der Waals surface area contributed by atoms with Gasteiger partial charge in [-0.1, -0.05) is 6.92 Å². The smallest absolute Gasteiger partial charge is 0.274 e. The molecule has 0 aliphatic carbocycles. The predicted octanol–water partition coefficient (Wildman–Crippen LogP) is 1.94. The fourth-order valence-electron chi connectivity index (χ4n) is 2.49. The SMILES string of the molecule is CCCNc1cnc(C(=O)N2CCCC(C)(OC)C2)cn1. The number of carbonyl (C=O) groups is 1. The van der Waals surface area contributed by atoms with E-state index >= 15 is 0 Å². The average molecular weight is 292 g/mol. The predicted molar refractivity (Wildman–Crippen MR) is 81.4 cm³/mol. The van der Waals surface area contributed by atoms with Crippen LogP contribution in [0.15, 0.2) is 12.4 Å². The lowest BCUT2D eigenvalue weighted by atomic mass is 9.94. The van der Waals surface area contributed by atoms with E-state index in [9.17, 15) is 4.79 Å². The van der Waals surface area contributed by atoms with Crippen molar-refractivity contribution in [1.82, 2.24) is 14.9 Å². The van der Waals surface area contributed by atoms with Gasteiger partial charge in [0.1, 0.15) is 11.5 Å². The Labute approximate surface area is 125 Å². The Morgan fingerprint density at radius 2 is 2.29 bits per heavy atom. The second kappa shape index (κ2) is 6.85. The van der Waals surface area contributed by atoms with Crippen LogP contribution in [-0.2, 0) is 4.74 Å². The molecule has 0 spiro atoms. The molecule has 1 N–H and O–H groups in total. The van der Waals surface area contributed by atoms with E-state index in [1.165, 1.54) is 0 Å². The topological polar surface area (TPSA) is 67.4 Å². The monoisotopic (exact) mass is 292 g/mol. The zero-order valence-corrected chi connectivity index (χ0v) is 13.1. The maximum Gasteiger partial charge on any atom is 0.274 e. The molecule has 1 aromatic heterocycles. The number of hydrogen-bond acceptors (Lipinski definition) is 5. The molecule has 1 aromatic rings. The van der Waals surface area contributed by atoms with Gasteiger partial charge in [-0.05, 0) is 26.2 Å². The van der Waals surface area contributed by atoms with E-state index in [1.54, 1.807) is 24.4 Å². The minimum absolute atomic E-state index is 0.0764. The first-order valence-corrected chi connectivity index (χ1v) is 7.48. The normalized spacial score (nSPS) is 22.1. The Kier molecular flexibility index (Phi) is 5.12. The Morgan fingerprint density at radius 3 is 2.90 bits per heavy atom. The fourth-order valence-corrected chi connectivity index (χ4v) is 2.49. The lowest BCUT2D eigenvalue weighted by molar-refractivity contribution is -0.0441. The third-order valence-electron chi connectivity index (χ3n) is 3.87. The van der Waals surface area contributed by atoms with Gasteiger partial charge in [-0.2, -0.15) is 0 Å². The maximum atomic E-state index is 12.5. The van der Waals surface area contributed by atoms with Gasteiger partial charge in [0.05, 0.1) is 18.0 Å². The van der Waals surface area contributed by atoms with Crippen LogP contribution in [0.3, 0.4) is 0 Å². The maximum absolute atomic E-state index is 12.5. The summed E-state index contributed by atoms with van der Waals surface area (Å²) in [5.74, 6) is 0.626. The molecule has 1 atom stereocenters. The second-order valence-electron chi connectivity index (χ2n) is 5.70. The number of aromatic nitrogens is 2. The first-order chi connectivity index (χ1) is 10.1. The van der Waals surface area contributed by atoms with Crippen LogP contribution in [0.25, 0.3) is 0 Å². The molecule has 6 nitrogen and oxygen atoms in total. The summed E-state index contributed by atoms with van der Waals surface area (Å²) in [5.41, 5.74) is 0.127. The van der Waals surface area contributed by atoms with Crippen molar-refractivity contribution >= 4 is 11.7 Å². The zero-order valence-electron chi connectivity index (χ0n) is 13.1. The van der Waals surface area contributed by atoms with E-state index in [0.717, 1.165) is 32.4 Å². The average Bonchev–Trinajstić information content (AvgIpc) is 2.53. The van der Waals surface area contributed by atoms with E-state index in [4.69, 9.17) is 4.74 Å². The molecule has 1 unspecified atom stereocenters. The second-order valence-corrected chi connectivity index (χ2v) is 5.70. The molecule has 1 fully saturated rings. The standard InChI is InChI=1S/C15H24N4O2/c1-4-7-16-13-10-17-12(9-18-13)14(20)19-8-5-6-15(2,11-19)21-3/h9-10H,4-8,11H2,1-3H3,(H,16,18). The summed E-state index contributed by atoms with van der Waals surface area (Å²) in [6.07, 6.45) is 6.09. The summed E-state index contributed by atoms with van der Waals surface area (Å²) in [4.78, 5) is 22.7. The third-order valence-corrected chi connectivity index (χ3v) is 3.87. The third kappa shape index (κ3) is 3.91. The van der Waals surface area contributed by atoms with E-state index < -0.39 is 0 Å². The van der Waals surface area contributed by atoms with Gasteiger partial charge in [0.25, 0.3) is 5.91 Å². The molecular weight excluding hydrogens is 268 g/mol. The Hall–Kier alpha value is -1.69. The number of carbonyl (C=O) groups excluding carboxylic acids is 1. The van der Waals surface area contributed by atoms with E-state index in [1.807, 2.05) is 6.92 Å². The quantitative estimate of drug-likeness (QED) is 0.898. The van der Waals surface area contributed by atoms with E-state index in [2.05, 4.69) is 22.2 Å². The van der Waals surface area contributed by atoms with Crippen molar-refractivity contribution in [2.45, 2.75) is 38.7 Å². The molecule has 0 radical (unpaired) electrons. The summed E-state index contributed by atoms with van der Waals surface area (Å²) in [7, 11) is 1.70. The fraction of sp³-hybridized carbons (Fsp3) is 0.667. The van der Waals surface area contributed by atoms with Gasteiger partial charge in [0.2, 0.25) is 0 Å². The molecule has 6 heteroatoms. The van der Waals surface area contributed by atoms with Crippen molar-refractivity contribution in [3.8, 4) is 0 Å². The largest absolute Gasteiger partial charge is 0.377 e. The Bertz CT molecular complexity index is 477. The minimum Gasteiger partial charge on any atom is -0.377 e. The van der Waals surface area contributed by atoms with Crippen LogP contribution < -0.4 is 5.32 Å². The number of likely N-dealkylation sites (tertiary alicyclic amines) is 1. The molecule has 1 amide bonds. The summed E-state index contributed by atoms with van der Waals surface area (Å²) in [5, 5.41) is 3.14. The van der Waals surface area contributed by atoms with E-state index in [0.29, 0.717) is 18.1 Å². The summed E-state index contributed by atoms with van der Waals surface area (Å²) >= 11 is 0. The lowest BCUT2D eigenvalue weighted by Crippen LogP contribution is -2.49. The van der Waals surface area contributed by atoms with E-state index in [-0.39, 0.29) is 11.5 Å². The van der Waals surface area contributed by atoms with Crippen molar-refractivity contribution in [1.29, 1.82) is 0 Å². The van der Waals surface area contributed by atoms with Gasteiger partial charge in [-0.15, -0.1) is 0 Å². The molecule has 1 aliphatic heterocycles. The van der Waals surface area contributed by atoms with Crippen molar-refractivity contribution in [2.24, 2.45) is 0 Å². The highest BCUT2D eigenvalue weighted by molar-refractivity contribution is 5.92. The molecule has 2 rings (SSSR count). The van der Waals surface area contributed by atoms with Crippen LogP contribution in [0.2, 0.25) is 0 Å². The molecule has 0 bridgehead atoms. The molecular formula is C15H24N4O2. The lowest BCUT2D eigenvalue weighted by Gasteiger charge is -2.39. The molecule has 0 aromatic carbocycles. The zero-order chi connectivity index (χ0) is 15.3. The summed E-state index contributed by atoms with van der Waals surface area (Å²) < 4.78 is 5.52.